The first-order valence-corrected chi connectivity index (χ1v) is 8.70. The van der Waals surface area contributed by atoms with Gasteiger partial charge in [0.25, 0.3) is 11.8 Å². The fourth-order valence-electron chi connectivity index (χ4n) is 3.09. The molecule has 1 aliphatic rings. The molecule has 1 aromatic heterocycles. The second-order valence-electron chi connectivity index (χ2n) is 6.60. The average Bonchev–Trinajstić information content (AvgIpc) is 3.18. The largest absolute Gasteiger partial charge is 0.459 e. The number of anilines is 1. The first-order valence-electron chi connectivity index (χ1n) is 8.70. The number of halogens is 1. The third-order valence-electron chi connectivity index (χ3n) is 4.87. The first-order chi connectivity index (χ1) is 12.5. The summed E-state index contributed by atoms with van der Waals surface area (Å²) in [4.78, 5) is 27.6. The van der Waals surface area contributed by atoms with E-state index in [4.69, 9.17) is 4.42 Å². The predicted octanol–water partition coefficient (Wildman–Crippen LogP) is 1.10. The van der Waals surface area contributed by atoms with Crippen LogP contribution in [0.2, 0.25) is 0 Å². The highest BCUT2D eigenvalue weighted by Gasteiger charge is 2.31. The summed E-state index contributed by atoms with van der Waals surface area (Å²) in [7, 11) is 0. The third-order valence-corrected chi connectivity index (χ3v) is 4.87. The van der Waals surface area contributed by atoms with E-state index in [9.17, 15) is 14.0 Å². The number of quaternary nitrogens is 1. The van der Waals surface area contributed by atoms with E-state index >= 15 is 0 Å². The van der Waals surface area contributed by atoms with Gasteiger partial charge in [-0.3, -0.25) is 9.59 Å². The number of nitrogens with one attached hydrogen (secondary N) is 2. The van der Waals surface area contributed by atoms with E-state index in [2.05, 4.69) is 5.32 Å². The first kappa shape index (κ1) is 18.1. The van der Waals surface area contributed by atoms with Crippen molar-refractivity contribution >= 4 is 17.5 Å². The second kappa shape index (κ2) is 7.70. The minimum absolute atomic E-state index is 0.124. The van der Waals surface area contributed by atoms with Crippen LogP contribution in [0.3, 0.4) is 0 Å². The molecule has 1 atom stereocenters. The van der Waals surface area contributed by atoms with Crippen LogP contribution in [0, 0.1) is 12.7 Å². The number of hydrogen-bond acceptors (Lipinski definition) is 3. The quantitative estimate of drug-likeness (QED) is 0.858. The zero-order valence-electron chi connectivity index (χ0n) is 14.9. The number of amides is 2. The monoisotopic (exact) mass is 360 g/mol. The van der Waals surface area contributed by atoms with Gasteiger partial charge in [0.15, 0.2) is 11.8 Å². The van der Waals surface area contributed by atoms with E-state index < -0.39 is 0 Å². The van der Waals surface area contributed by atoms with Gasteiger partial charge in [-0.15, -0.1) is 0 Å². The molecule has 1 aromatic carbocycles. The molecule has 6 nitrogen and oxygen atoms in total. The van der Waals surface area contributed by atoms with Crippen molar-refractivity contribution in [2.24, 2.45) is 0 Å². The maximum absolute atomic E-state index is 13.6. The Labute approximate surface area is 151 Å². The molecule has 2 aromatic rings. The van der Waals surface area contributed by atoms with Crippen LogP contribution < -0.4 is 10.2 Å². The topological polar surface area (TPSA) is 67.0 Å². The minimum Gasteiger partial charge on any atom is -0.459 e. The van der Waals surface area contributed by atoms with Crippen molar-refractivity contribution in [2.45, 2.75) is 19.9 Å². The molecule has 2 heterocycles. The Morgan fingerprint density at radius 2 is 2.00 bits per heavy atom. The Morgan fingerprint density at radius 1 is 1.27 bits per heavy atom. The zero-order chi connectivity index (χ0) is 18.7. The summed E-state index contributed by atoms with van der Waals surface area (Å²) in [6.07, 6.45) is 1.48. The van der Waals surface area contributed by atoms with E-state index in [1.807, 2.05) is 6.92 Å². The van der Waals surface area contributed by atoms with Gasteiger partial charge in [0.2, 0.25) is 0 Å². The van der Waals surface area contributed by atoms with Crippen LogP contribution in [0.25, 0.3) is 0 Å². The Hall–Kier alpha value is -2.67. The molecule has 0 unspecified atom stereocenters. The molecule has 1 fully saturated rings. The van der Waals surface area contributed by atoms with Crippen molar-refractivity contribution < 1.29 is 23.3 Å². The maximum Gasteiger partial charge on any atom is 0.289 e. The van der Waals surface area contributed by atoms with E-state index in [0.29, 0.717) is 43.2 Å². The molecular formula is C19H23FN3O3+. The summed E-state index contributed by atoms with van der Waals surface area (Å²) < 4.78 is 18.8. The van der Waals surface area contributed by atoms with Crippen LogP contribution in [0.5, 0.6) is 0 Å². The Balaban J connectivity index is 1.54. The van der Waals surface area contributed by atoms with Gasteiger partial charge in [-0.2, -0.15) is 0 Å². The summed E-state index contributed by atoms with van der Waals surface area (Å²) in [6.45, 7) is 5.99. The standard InChI is InChI=1S/C19H22FN3O3/c1-13-5-6-15(12-16(13)20)21-18(24)14(2)22-7-9-23(10-8-22)19(25)17-4-3-11-26-17/h3-6,11-12,14H,7-10H2,1-2H3,(H,21,24)/p+1/t14-/m0/s1. The molecule has 0 saturated carbocycles. The number of carbonyl (C=O) groups excluding carboxylic acids is 2. The average molecular weight is 360 g/mol. The summed E-state index contributed by atoms with van der Waals surface area (Å²) in [5, 5.41) is 2.77. The molecule has 2 amide bonds. The summed E-state index contributed by atoms with van der Waals surface area (Å²) >= 11 is 0. The number of carbonyl (C=O) groups is 2. The van der Waals surface area contributed by atoms with Gasteiger partial charge < -0.3 is 19.5 Å². The van der Waals surface area contributed by atoms with Crippen LogP contribution >= 0.6 is 0 Å². The summed E-state index contributed by atoms with van der Waals surface area (Å²) in [6, 6.07) is 7.71. The molecule has 0 aliphatic carbocycles. The van der Waals surface area contributed by atoms with Gasteiger partial charge in [-0.25, -0.2) is 4.39 Å². The van der Waals surface area contributed by atoms with Crippen LogP contribution in [0.15, 0.2) is 41.0 Å². The molecule has 26 heavy (non-hydrogen) atoms. The zero-order valence-corrected chi connectivity index (χ0v) is 14.9. The predicted molar refractivity (Wildman–Crippen MR) is 94.5 cm³/mol. The fraction of sp³-hybridized carbons (Fsp3) is 0.368. The van der Waals surface area contributed by atoms with Gasteiger partial charge in [0.1, 0.15) is 5.82 Å². The molecule has 0 spiro atoms. The van der Waals surface area contributed by atoms with Gasteiger partial charge in [0.05, 0.1) is 32.4 Å². The van der Waals surface area contributed by atoms with Gasteiger partial charge in [-0.1, -0.05) is 6.07 Å². The Bertz CT molecular complexity index is 783. The van der Waals surface area contributed by atoms with E-state index in [1.54, 1.807) is 36.1 Å². The number of piperazine rings is 1. The Morgan fingerprint density at radius 3 is 2.62 bits per heavy atom. The molecule has 138 valence electrons. The molecule has 0 bridgehead atoms. The van der Waals surface area contributed by atoms with Crippen molar-refractivity contribution in [1.29, 1.82) is 0 Å². The van der Waals surface area contributed by atoms with E-state index in [1.165, 1.54) is 12.3 Å². The van der Waals surface area contributed by atoms with Gasteiger partial charge >= 0.3 is 0 Å². The molecule has 1 saturated heterocycles. The van der Waals surface area contributed by atoms with Gasteiger partial charge in [-0.05, 0) is 43.7 Å². The smallest absolute Gasteiger partial charge is 0.289 e. The number of furan rings is 1. The summed E-state index contributed by atoms with van der Waals surface area (Å²) in [5.74, 6) is -0.288. The highest BCUT2D eigenvalue weighted by atomic mass is 19.1. The summed E-state index contributed by atoms with van der Waals surface area (Å²) in [5.41, 5.74) is 0.995. The highest BCUT2D eigenvalue weighted by Crippen LogP contribution is 2.13. The number of hydrogen-bond donors (Lipinski definition) is 2. The lowest BCUT2D eigenvalue weighted by Crippen LogP contribution is -3.19. The van der Waals surface area contributed by atoms with Crippen molar-refractivity contribution in [2.75, 3.05) is 31.5 Å². The molecule has 2 N–H and O–H groups in total. The maximum atomic E-state index is 13.6. The second-order valence-corrected chi connectivity index (χ2v) is 6.60. The van der Waals surface area contributed by atoms with Gasteiger partial charge in [0, 0.05) is 5.69 Å². The van der Waals surface area contributed by atoms with Crippen molar-refractivity contribution in [3.63, 3.8) is 0 Å². The molecular weight excluding hydrogens is 337 g/mol. The van der Waals surface area contributed by atoms with Crippen molar-refractivity contribution in [1.82, 2.24) is 4.90 Å². The van der Waals surface area contributed by atoms with Crippen LogP contribution in [0.1, 0.15) is 23.0 Å². The van der Waals surface area contributed by atoms with Crippen LogP contribution in [-0.2, 0) is 4.79 Å². The highest BCUT2D eigenvalue weighted by molar-refractivity contribution is 5.93. The molecule has 1 aliphatic heterocycles. The van der Waals surface area contributed by atoms with Crippen molar-refractivity contribution in [3.05, 3.63) is 53.7 Å². The van der Waals surface area contributed by atoms with Crippen molar-refractivity contribution in [3.8, 4) is 0 Å². The minimum atomic E-state index is -0.340. The molecule has 7 heteroatoms. The number of benzene rings is 1. The molecule has 0 radical (unpaired) electrons. The van der Waals surface area contributed by atoms with E-state index in [0.717, 1.165) is 4.90 Å². The lowest BCUT2D eigenvalue weighted by atomic mass is 10.2. The van der Waals surface area contributed by atoms with Crippen LogP contribution in [0.4, 0.5) is 10.1 Å². The normalized spacial score (nSPS) is 16.3. The third kappa shape index (κ3) is 3.94. The lowest BCUT2D eigenvalue weighted by molar-refractivity contribution is -0.917. The fourth-order valence-corrected chi connectivity index (χ4v) is 3.09. The van der Waals surface area contributed by atoms with Crippen LogP contribution in [-0.4, -0.2) is 48.9 Å². The number of rotatable bonds is 4. The number of aryl methyl sites for hydroxylation is 1. The SMILES string of the molecule is Cc1ccc(NC(=O)[C@H](C)[NH+]2CCN(C(=O)c3ccco3)CC2)cc1F. The lowest BCUT2D eigenvalue weighted by Gasteiger charge is -2.34. The Kier molecular flexibility index (Phi) is 5.37. The van der Waals surface area contributed by atoms with E-state index in [-0.39, 0.29) is 23.7 Å². The molecule has 3 rings (SSSR count). The number of nitrogens with zero attached hydrogens (tertiary/aromatic N) is 1.